The third-order valence-electron chi connectivity index (χ3n) is 3.95. The SMILES string of the molecule is CNC(c1cnccc1C)C1(OC)CCOCC1. The van der Waals surface area contributed by atoms with E-state index in [2.05, 4.69) is 17.2 Å². The Balaban J connectivity index is 2.34. The predicted molar refractivity (Wildman–Crippen MR) is 70.6 cm³/mol. The van der Waals surface area contributed by atoms with Crippen LogP contribution in [0.15, 0.2) is 18.5 Å². The lowest BCUT2D eigenvalue weighted by atomic mass is 9.81. The molecule has 4 heteroatoms. The number of pyridine rings is 1. The number of ether oxygens (including phenoxy) is 2. The fraction of sp³-hybridized carbons (Fsp3) is 0.643. The lowest BCUT2D eigenvalue weighted by molar-refractivity contribution is -0.110. The zero-order valence-electron chi connectivity index (χ0n) is 11.4. The van der Waals surface area contributed by atoms with Gasteiger partial charge >= 0.3 is 0 Å². The Kier molecular flexibility index (Phi) is 4.32. The molecule has 1 unspecified atom stereocenters. The van der Waals surface area contributed by atoms with Gasteiger partial charge in [-0.15, -0.1) is 0 Å². The number of aryl methyl sites for hydroxylation is 1. The summed E-state index contributed by atoms with van der Waals surface area (Å²) in [5, 5.41) is 3.40. The Hall–Kier alpha value is -0.970. The molecule has 1 N–H and O–H groups in total. The number of hydrogen-bond acceptors (Lipinski definition) is 4. The van der Waals surface area contributed by atoms with E-state index in [0.717, 1.165) is 26.1 Å². The van der Waals surface area contributed by atoms with E-state index < -0.39 is 0 Å². The van der Waals surface area contributed by atoms with Gasteiger partial charge in [0.25, 0.3) is 0 Å². The summed E-state index contributed by atoms with van der Waals surface area (Å²) in [6.45, 7) is 3.63. The van der Waals surface area contributed by atoms with Gasteiger partial charge in [-0.25, -0.2) is 0 Å². The highest BCUT2D eigenvalue weighted by Gasteiger charge is 2.41. The summed E-state index contributed by atoms with van der Waals surface area (Å²) in [6.07, 6.45) is 5.58. The molecule has 18 heavy (non-hydrogen) atoms. The van der Waals surface area contributed by atoms with Crippen LogP contribution in [0.4, 0.5) is 0 Å². The smallest absolute Gasteiger partial charge is 0.0916 e. The second kappa shape index (κ2) is 5.78. The number of nitrogens with one attached hydrogen (secondary N) is 1. The molecule has 2 rings (SSSR count). The minimum Gasteiger partial charge on any atom is -0.381 e. The lowest BCUT2D eigenvalue weighted by Gasteiger charge is -2.42. The van der Waals surface area contributed by atoms with Crippen molar-refractivity contribution in [2.45, 2.75) is 31.4 Å². The van der Waals surface area contributed by atoms with Gasteiger partial charge in [-0.05, 0) is 31.2 Å². The summed E-state index contributed by atoms with van der Waals surface area (Å²) >= 11 is 0. The van der Waals surface area contributed by atoms with Gasteiger partial charge in [0.15, 0.2) is 0 Å². The zero-order chi connectivity index (χ0) is 13.0. The monoisotopic (exact) mass is 250 g/mol. The molecule has 0 aliphatic carbocycles. The first kappa shape index (κ1) is 13.5. The molecule has 1 fully saturated rings. The van der Waals surface area contributed by atoms with Gasteiger partial charge in [-0.2, -0.15) is 0 Å². The summed E-state index contributed by atoms with van der Waals surface area (Å²) in [7, 11) is 3.77. The van der Waals surface area contributed by atoms with E-state index in [9.17, 15) is 0 Å². The van der Waals surface area contributed by atoms with Crippen molar-refractivity contribution >= 4 is 0 Å². The van der Waals surface area contributed by atoms with Crippen LogP contribution < -0.4 is 5.32 Å². The highest BCUT2D eigenvalue weighted by atomic mass is 16.5. The van der Waals surface area contributed by atoms with Crippen LogP contribution in [0.1, 0.15) is 30.0 Å². The van der Waals surface area contributed by atoms with Crippen molar-refractivity contribution in [3.63, 3.8) is 0 Å². The third kappa shape index (κ3) is 2.41. The maximum Gasteiger partial charge on any atom is 0.0916 e. The van der Waals surface area contributed by atoms with Crippen LogP contribution in [0.3, 0.4) is 0 Å². The highest BCUT2D eigenvalue weighted by Crippen LogP contribution is 2.37. The van der Waals surface area contributed by atoms with Gasteiger partial charge in [-0.1, -0.05) is 0 Å². The van der Waals surface area contributed by atoms with Gasteiger partial charge in [-0.3, -0.25) is 4.98 Å². The Morgan fingerprint density at radius 1 is 1.44 bits per heavy atom. The van der Waals surface area contributed by atoms with Crippen LogP contribution >= 0.6 is 0 Å². The van der Waals surface area contributed by atoms with Crippen molar-refractivity contribution in [1.29, 1.82) is 0 Å². The molecule has 1 aliphatic rings. The maximum absolute atomic E-state index is 5.87. The van der Waals surface area contributed by atoms with Crippen molar-refractivity contribution in [2.75, 3.05) is 27.4 Å². The Morgan fingerprint density at radius 3 is 2.72 bits per heavy atom. The molecular weight excluding hydrogens is 228 g/mol. The van der Waals surface area contributed by atoms with E-state index in [0.29, 0.717) is 0 Å². The largest absolute Gasteiger partial charge is 0.381 e. The fourth-order valence-corrected chi connectivity index (χ4v) is 2.81. The van der Waals surface area contributed by atoms with E-state index in [1.54, 1.807) is 7.11 Å². The number of rotatable bonds is 4. The highest BCUT2D eigenvalue weighted by molar-refractivity contribution is 5.28. The molecule has 0 spiro atoms. The Bertz CT molecular complexity index is 389. The van der Waals surface area contributed by atoms with Crippen LogP contribution in [0.2, 0.25) is 0 Å². The first-order valence-electron chi connectivity index (χ1n) is 6.44. The number of nitrogens with zero attached hydrogens (tertiary/aromatic N) is 1. The van der Waals surface area contributed by atoms with Crippen molar-refractivity contribution in [3.8, 4) is 0 Å². The van der Waals surface area contributed by atoms with Crippen LogP contribution in [0.5, 0.6) is 0 Å². The van der Waals surface area contributed by atoms with Gasteiger partial charge in [0.1, 0.15) is 0 Å². The number of aromatic nitrogens is 1. The molecule has 4 nitrogen and oxygen atoms in total. The molecule has 1 aromatic rings. The molecule has 0 amide bonds. The van der Waals surface area contributed by atoms with Crippen molar-refractivity contribution in [2.24, 2.45) is 0 Å². The fourth-order valence-electron chi connectivity index (χ4n) is 2.81. The Morgan fingerprint density at radius 2 is 2.17 bits per heavy atom. The summed E-state index contributed by atoms with van der Waals surface area (Å²) in [5.41, 5.74) is 2.26. The van der Waals surface area contributed by atoms with Gasteiger partial charge in [0, 0.05) is 45.6 Å². The van der Waals surface area contributed by atoms with Crippen molar-refractivity contribution in [3.05, 3.63) is 29.6 Å². The minimum absolute atomic E-state index is 0.153. The minimum atomic E-state index is -0.194. The molecule has 1 aliphatic heterocycles. The van der Waals surface area contributed by atoms with E-state index in [4.69, 9.17) is 9.47 Å². The first-order chi connectivity index (χ1) is 8.73. The quantitative estimate of drug-likeness (QED) is 0.885. The topological polar surface area (TPSA) is 43.4 Å². The molecule has 0 radical (unpaired) electrons. The molecule has 100 valence electrons. The van der Waals surface area contributed by atoms with Gasteiger partial charge in [0.05, 0.1) is 11.6 Å². The van der Waals surface area contributed by atoms with Gasteiger partial charge in [0.2, 0.25) is 0 Å². The predicted octanol–water partition coefficient (Wildman–Crippen LogP) is 1.85. The molecule has 2 heterocycles. The maximum atomic E-state index is 5.87. The molecular formula is C14H22N2O2. The van der Waals surface area contributed by atoms with E-state index in [1.807, 2.05) is 25.5 Å². The second-order valence-corrected chi connectivity index (χ2v) is 4.84. The molecule has 1 atom stereocenters. The normalized spacial score (nSPS) is 20.6. The molecule has 0 saturated carbocycles. The van der Waals surface area contributed by atoms with Crippen LogP contribution in [0.25, 0.3) is 0 Å². The zero-order valence-corrected chi connectivity index (χ0v) is 11.4. The summed E-state index contributed by atoms with van der Waals surface area (Å²) < 4.78 is 11.3. The molecule has 0 aromatic carbocycles. The van der Waals surface area contributed by atoms with E-state index >= 15 is 0 Å². The standard InChI is InChI=1S/C14H22N2O2/c1-11-4-7-16-10-12(11)13(15-2)14(17-3)5-8-18-9-6-14/h4,7,10,13,15H,5-6,8-9H2,1-3H3. The number of likely N-dealkylation sites (N-methyl/N-ethyl adjacent to an activating group) is 1. The average molecular weight is 250 g/mol. The second-order valence-electron chi connectivity index (χ2n) is 4.84. The molecule has 1 aromatic heterocycles. The van der Waals surface area contributed by atoms with Gasteiger partial charge < -0.3 is 14.8 Å². The summed E-state index contributed by atoms with van der Waals surface area (Å²) in [6, 6.07) is 2.20. The van der Waals surface area contributed by atoms with Crippen LogP contribution in [-0.4, -0.2) is 38.0 Å². The van der Waals surface area contributed by atoms with E-state index in [1.165, 1.54) is 11.1 Å². The van der Waals surface area contributed by atoms with E-state index in [-0.39, 0.29) is 11.6 Å². The first-order valence-corrected chi connectivity index (χ1v) is 6.44. The van der Waals surface area contributed by atoms with Crippen molar-refractivity contribution < 1.29 is 9.47 Å². The lowest BCUT2D eigenvalue weighted by Crippen LogP contribution is -2.48. The summed E-state index contributed by atoms with van der Waals surface area (Å²) in [5.74, 6) is 0. The molecule has 0 bridgehead atoms. The Labute approximate surface area is 109 Å². The third-order valence-corrected chi connectivity index (χ3v) is 3.95. The van der Waals surface area contributed by atoms with Crippen LogP contribution in [0, 0.1) is 6.92 Å². The number of methoxy groups -OCH3 is 1. The average Bonchev–Trinajstić information content (AvgIpc) is 2.43. The van der Waals surface area contributed by atoms with Crippen molar-refractivity contribution in [1.82, 2.24) is 10.3 Å². The summed E-state index contributed by atoms with van der Waals surface area (Å²) in [4.78, 5) is 4.25. The molecule has 1 saturated heterocycles. The van der Waals surface area contributed by atoms with Crippen LogP contribution in [-0.2, 0) is 9.47 Å². The number of hydrogen-bond donors (Lipinski definition) is 1.